The number of aliphatic hydroxyl groups excluding tert-OH is 1. The first-order valence-electron chi connectivity index (χ1n) is 4.08. The summed E-state index contributed by atoms with van der Waals surface area (Å²) < 4.78 is 15.5. The van der Waals surface area contributed by atoms with Crippen LogP contribution >= 0.6 is 0 Å². The topological polar surface area (TPSA) is 47.9 Å². The summed E-state index contributed by atoms with van der Waals surface area (Å²) in [6, 6.07) is 0. The third kappa shape index (κ3) is 1.95. The van der Waals surface area contributed by atoms with Gasteiger partial charge in [-0.3, -0.25) is 0 Å². The van der Waals surface area contributed by atoms with Crippen molar-refractivity contribution < 1.29 is 19.3 Å². The molecule has 4 atom stereocenters. The van der Waals surface area contributed by atoms with E-state index in [1.54, 1.807) is 14.2 Å². The average molecular weight is 176 g/mol. The Balaban J connectivity index is 2.51. The second-order valence-corrected chi connectivity index (χ2v) is 3.01. The molecule has 1 saturated heterocycles. The Kier molecular flexibility index (Phi) is 3.46. The molecule has 1 aliphatic rings. The zero-order valence-electron chi connectivity index (χ0n) is 7.69. The van der Waals surface area contributed by atoms with Crippen LogP contribution in [-0.2, 0) is 14.2 Å². The largest absolute Gasteiger partial charge is 0.390 e. The summed E-state index contributed by atoms with van der Waals surface area (Å²) >= 11 is 0. The van der Waals surface area contributed by atoms with E-state index < -0.39 is 6.10 Å². The molecule has 0 aromatic carbocycles. The predicted octanol–water partition coefficient (Wildman–Crippen LogP) is 0.144. The Morgan fingerprint density at radius 3 is 2.42 bits per heavy atom. The molecule has 0 saturated carbocycles. The molecule has 0 unspecified atom stereocenters. The van der Waals surface area contributed by atoms with Gasteiger partial charge in [-0.25, -0.2) is 0 Å². The third-order valence-electron chi connectivity index (χ3n) is 2.18. The molecule has 0 aromatic heterocycles. The number of aliphatic hydroxyl groups is 1. The first-order valence-corrected chi connectivity index (χ1v) is 4.08. The summed E-state index contributed by atoms with van der Waals surface area (Å²) in [5, 5.41) is 9.56. The second kappa shape index (κ2) is 4.18. The minimum Gasteiger partial charge on any atom is -0.390 e. The Labute approximate surface area is 72.4 Å². The molecule has 1 rings (SSSR count). The lowest BCUT2D eigenvalue weighted by molar-refractivity contribution is -0.242. The van der Waals surface area contributed by atoms with E-state index in [1.807, 2.05) is 6.92 Å². The van der Waals surface area contributed by atoms with Crippen LogP contribution in [-0.4, -0.2) is 43.9 Å². The van der Waals surface area contributed by atoms with Crippen LogP contribution < -0.4 is 0 Å². The van der Waals surface area contributed by atoms with Crippen LogP contribution in [0.25, 0.3) is 0 Å². The molecule has 0 radical (unpaired) electrons. The van der Waals surface area contributed by atoms with Crippen LogP contribution in [0.15, 0.2) is 0 Å². The minimum absolute atomic E-state index is 0.122. The van der Waals surface area contributed by atoms with Crippen molar-refractivity contribution in [1.82, 2.24) is 0 Å². The van der Waals surface area contributed by atoms with Gasteiger partial charge in [0.2, 0.25) is 0 Å². The smallest absolute Gasteiger partial charge is 0.160 e. The standard InChI is InChI=1S/C8H16O4/c1-5-8(11-3)6(9)4-7(10-2)12-5/h5-9H,4H2,1-3H3/t5-,6-,7-,8-/m1/s1. The fourth-order valence-electron chi connectivity index (χ4n) is 1.52. The second-order valence-electron chi connectivity index (χ2n) is 3.01. The van der Waals surface area contributed by atoms with Crippen molar-refractivity contribution in [3.8, 4) is 0 Å². The van der Waals surface area contributed by atoms with Crippen LogP contribution in [0, 0.1) is 0 Å². The van der Waals surface area contributed by atoms with E-state index in [2.05, 4.69) is 0 Å². The van der Waals surface area contributed by atoms with E-state index in [9.17, 15) is 5.11 Å². The van der Waals surface area contributed by atoms with Crippen molar-refractivity contribution >= 4 is 0 Å². The van der Waals surface area contributed by atoms with Gasteiger partial charge in [-0.2, -0.15) is 0 Å². The van der Waals surface area contributed by atoms with Gasteiger partial charge in [-0.1, -0.05) is 0 Å². The maximum absolute atomic E-state index is 9.56. The Morgan fingerprint density at radius 1 is 1.33 bits per heavy atom. The van der Waals surface area contributed by atoms with Gasteiger partial charge in [0.15, 0.2) is 6.29 Å². The molecule has 1 N–H and O–H groups in total. The molecule has 0 spiro atoms. The molecule has 1 fully saturated rings. The van der Waals surface area contributed by atoms with Gasteiger partial charge < -0.3 is 19.3 Å². The van der Waals surface area contributed by atoms with E-state index in [4.69, 9.17) is 14.2 Å². The van der Waals surface area contributed by atoms with Gasteiger partial charge in [0.25, 0.3) is 0 Å². The highest BCUT2D eigenvalue weighted by Crippen LogP contribution is 2.22. The molecule has 1 aliphatic heterocycles. The van der Waals surface area contributed by atoms with Gasteiger partial charge >= 0.3 is 0 Å². The molecule has 0 aliphatic carbocycles. The molecular weight excluding hydrogens is 160 g/mol. The Morgan fingerprint density at radius 2 is 2.00 bits per heavy atom. The van der Waals surface area contributed by atoms with E-state index in [0.29, 0.717) is 6.42 Å². The highest BCUT2D eigenvalue weighted by atomic mass is 16.7. The lowest BCUT2D eigenvalue weighted by Crippen LogP contribution is -2.48. The molecule has 0 aromatic rings. The average Bonchev–Trinajstić information content (AvgIpc) is 2.03. The number of rotatable bonds is 2. The number of ether oxygens (including phenoxy) is 3. The molecule has 72 valence electrons. The normalized spacial score (nSPS) is 43.0. The molecule has 1 heterocycles. The van der Waals surface area contributed by atoms with Crippen molar-refractivity contribution in [3.63, 3.8) is 0 Å². The summed E-state index contributed by atoms with van der Waals surface area (Å²) in [5.74, 6) is 0. The summed E-state index contributed by atoms with van der Waals surface area (Å²) in [5.41, 5.74) is 0. The van der Waals surface area contributed by atoms with Crippen LogP contribution in [0.5, 0.6) is 0 Å². The van der Waals surface area contributed by atoms with Gasteiger partial charge in [0, 0.05) is 20.6 Å². The number of hydrogen-bond acceptors (Lipinski definition) is 4. The van der Waals surface area contributed by atoms with Crippen molar-refractivity contribution in [2.75, 3.05) is 14.2 Å². The van der Waals surface area contributed by atoms with Crippen LogP contribution in [0.2, 0.25) is 0 Å². The van der Waals surface area contributed by atoms with Crippen LogP contribution in [0.1, 0.15) is 13.3 Å². The lowest BCUT2D eigenvalue weighted by atomic mass is 10.0. The lowest BCUT2D eigenvalue weighted by Gasteiger charge is -2.36. The maximum atomic E-state index is 9.56. The fraction of sp³-hybridized carbons (Fsp3) is 1.00. The predicted molar refractivity (Wildman–Crippen MR) is 42.8 cm³/mol. The highest BCUT2D eigenvalue weighted by Gasteiger charge is 2.35. The van der Waals surface area contributed by atoms with Crippen molar-refractivity contribution in [2.24, 2.45) is 0 Å². The molecule has 12 heavy (non-hydrogen) atoms. The van der Waals surface area contributed by atoms with Gasteiger partial charge in [0.1, 0.15) is 6.10 Å². The molecule has 0 amide bonds. The van der Waals surface area contributed by atoms with Crippen molar-refractivity contribution in [2.45, 2.75) is 37.9 Å². The third-order valence-corrected chi connectivity index (χ3v) is 2.18. The summed E-state index contributed by atoms with van der Waals surface area (Å²) in [7, 11) is 3.14. The first-order chi connectivity index (χ1) is 5.69. The van der Waals surface area contributed by atoms with E-state index in [1.165, 1.54) is 0 Å². The SMILES string of the molecule is CO[C@H]1C[C@@H](O)[C@H](OC)[C@@H](C)O1. The molecule has 4 heteroatoms. The number of methoxy groups -OCH3 is 2. The monoisotopic (exact) mass is 176 g/mol. The van der Waals surface area contributed by atoms with Crippen LogP contribution in [0.3, 0.4) is 0 Å². The zero-order valence-corrected chi connectivity index (χ0v) is 7.69. The summed E-state index contributed by atoms with van der Waals surface area (Å²) in [6.07, 6.45) is -0.690. The van der Waals surface area contributed by atoms with Crippen LogP contribution in [0.4, 0.5) is 0 Å². The number of hydrogen-bond donors (Lipinski definition) is 1. The summed E-state index contributed by atoms with van der Waals surface area (Å²) in [4.78, 5) is 0. The fourth-order valence-corrected chi connectivity index (χ4v) is 1.52. The molecular formula is C8H16O4. The first kappa shape index (κ1) is 9.92. The summed E-state index contributed by atoms with van der Waals surface area (Å²) in [6.45, 7) is 1.86. The Bertz CT molecular complexity index is 127. The molecule has 4 nitrogen and oxygen atoms in total. The van der Waals surface area contributed by atoms with E-state index in [-0.39, 0.29) is 18.5 Å². The Hall–Kier alpha value is -0.160. The van der Waals surface area contributed by atoms with E-state index >= 15 is 0 Å². The van der Waals surface area contributed by atoms with Gasteiger partial charge in [0.05, 0.1) is 12.2 Å². The van der Waals surface area contributed by atoms with E-state index in [0.717, 1.165) is 0 Å². The molecule has 0 bridgehead atoms. The van der Waals surface area contributed by atoms with Crippen molar-refractivity contribution in [3.05, 3.63) is 0 Å². The maximum Gasteiger partial charge on any atom is 0.160 e. The quantitative estimate of drug-likeness (QED) is 0.650. The zero-order chi connectivity index (χ0) is 9.14. The van der Waals surface area contributed by atoms with Crippen molar-refractivity contribution in [1.29, 1.82) is 0 Å². The van der Waals surface area contributed by atoms with Gasteiger partial charge in [-0.05, 0) is 6.92 Å². The highest BCUT2D eigenvalue weighted by molar-refractivity contribution is 4.81. The minimum atomic E-state index is -0.497. The van der Waals surface area contributed by atoms with Gasteiger partial charge in [-0.15, -0.1) is 0 Å².